The highest BCUT2D eigenvalue weighted by Gasteiger charge is 2.45. The number of hydrogen-bond donors (Lipinski definition) is 1. The molecule has 2 saturated carbocycles. The maximum absolute atomic E-state index is 9.50. The minimum atomic E-state index is -0.302. The van der Waals surface area contributed by atoms with Crippen molar-refractivity contribution in [3.8, 4) is 6.07 Å². The lowest BCUT2D eigenvalue weighted by Gasteiger charge is -2.34. The normalized spacial score (nSPS) is 24.8. The summed E-state index contributed by atoms with van der Waals surface area (Å²) in [5.74, 6) is 1.43. The molecular formula is C15H27N3. The molecule has 0 spiro atoms. The molecule has 2 fully saturated rings. The van der Waals surface area contributed by atoms with Crippen LogP contribution >= 0.6 is 0 Å². The second-order valence-electron chi connectivity index (χ2n) is 6.31. The third-order valence-corrected chi connectivity index (χ3v) is 4.73. The SMILES string of the molecule is CNC(C#N)(CN(C)CC1CCCCC1)C1CC1. The Labute approximate surface area is 112 Å². The van der Waals surface area contributed by atoms with E-state index in [1.165, 1.54) is 44.9 Å². The number of nitriles is 1. The molecule has 0 radical (unpaired) electrons. The van der Waals surface area contributed by atoms with Gasteiger partial charge in [0.2, 0.25) is 0 Å². The zero-order chi connectivity index (χ0) is 13.0. The molecule has 2 aliphatic carbocycles. The van der Waals surface area contributed by atoms with E-state index in [1.807, 2.05) is 7.05 Å². The molecule has 2 rings (SSSR count). The first-order valence-electron chi connectivity index (χ1n) is 7.49. The summed E-state index contributed by atoms with van der Waals surface area (Å²) in [6.07, 6.45) is 9.41. The Morgan fingerprint density at radius 1 is 1.22 bits per heavy atom. The highest BCUT2D eigenvalue weighted by atomic mass is 15.1. The van der Waals surface area contributed by atoms with Crippen LogP contribution in [0.5, 0.6) is 0 Å². The van der Waals surface area contributed by atoms with Gasteiger partial charge in [0.15, 0.2) is 0 Å². The Bertz CT molecular complexity index is 299. The highest BCUT2D eigenvalue weighted by molar-refractivity contribution is 5.16. The van der Waals surface area contributed by atoms with Crippen LogP contribution in [0.25, 0.3) is 0 Å². The second-order valence-corrected chi connectivity index (χ2v) is 6.31. The Morgan fingerprint density at radius 2 is 1.89 bits per heavy atom. The van der Waals surface area contributed by atoms with Crippen molar-refractivity contribution < 1.29 is 0 Å². The van der Waals surface area contributed by atoms with E-state index in [4.69, 9.17) is 0 Å². The quantitative estimate of drug-likeness (QED) is 0.785. The van der Waals surface area contributed by atoms with Gasteiger partial charge in [-0.3, -0.25) is 0 Å². The van der Waals surface area contributed by atoms with Gasteiger partial charge in [-0.1, -0.05) is 19.3 Å². The smallest absolute Gasteiger partial charge is 0.122 e. The molecule has 1 N–H and O–H groups in total. The second kappa shape index (κ2) is 6.04. The van der Waals surface area contributed by atoms with Crippen LogP contribution in [-0.4, -0.2) is 37.6 Å². The van der Waals surface area contributed by atoms with Crippen LogP contribution in [0, 0.1) is 23.2 Å². The van der Waals surface area contributed by atoms with Crippen LogP contribution in [0.4, 0.5) is 0 Å². The van der Waals surface area contributed by atoms with Gasteiger partial charge < -0.3 is 10.2 Å². The molecule has 0 saturated heterocycles. The standard InChI is InChI=1S/C15H27N3/c1-17-15(11-16,14-8-9-14)12-18(2)10-13-6-4-3-5-7-13/h13-14,17H,3-10,12H2,1-2H3. The van der Waals surface area contributed by atoms with Crippen LogP contribution in [0.2, 0.25) is 0 Å². The summed E-state index contributed by atoms with van der Waals surface area (Å²) in [7, 11) is 4.12. The van der Waals surface area contributed by atoms with E-state index in [2.05, 4.69) is 23.3 Å². The summed E-state index contributed by atoms with van der Waals surface area (Å²) in [5.41, 5.74) is -0.302. The Balaban J connectivity index is 1.84. The minimum Gasteiger partial charge on any atom is -0.303 e. The predicted octanol–water partition coefficient (Wildman–Crippen LogP) is 2.39. The monoisotopic (exact) mass is 249 g/mol. The van der Waals surface area contributed by atoms with Crippen molar-refractivity contribution in [2.45, 2.75) is 50.5 Å². The van der Waals surface area contributed by atoms with Crippen molar-refractivity contribution in [3.63, 3.8) is 0 Å². The molecule has 3 heteroatoms. The van der Waals surface area contributed by atoms with Crippen LogP contribution < -0.4 is 5.32 Å². The summed E-state index contributed by atoms with van der Waals surface area (Å²) < 4.78 is 0. The molecule has 1 atom stereocenters. The fourth-order valence-corrected chi connectivity index (χ4v) is 3.47. The molecule has 1 unspecified atom stereocenters. The maximum atomic E-state index is 9.50. The lowest BCUT2D eigenvalue weighted by molar-refractivity contribution is 0.188. The molecule has 102 valence electrons. The molecule has 2 aliphatic rings. The van der Waals surface area contributed by atoms with Gasteiger partial charge in [0.1, 0.15) is 5.54 Å². The van der Waals surface area contributed by atoms with E-state index in [0.29, 0.717) is 5.92 Å². The molecule has 0 amide bonds. The molecule has 3 nitrogen and oxygen atoms in total. The van der Waals surface area contributed by atoms with Gasteiger partial charge in [0, 0.05) is 13.1 Å². The molecule has 0 aromatic rings. The van der Waals surface area contributed by atoms with Gasteiger partial charge in [-0.25, -0.2) is 0 Å². The molecule has 0 aliphatic heterocycles. The Hall–Kier alpha value is -0.590. The molecule has 0 bridgehead atoms. The van der Waals surface area contributed by atoms with Crippen molar-refractivity contribution in [3.05, 3.63) is 0 Å². The van der Waals surface area contributed by atoms with Crippen molar-refractivity contribution >= 4 is 0 Å². The van der Waals surface area contributed by atoms with Gasteiger partial charge in [-0.05, 0) is 51.6 Å². The topological polar surface area (TPSA) is 39.1 Å². The zero-order valence-electron chi connectivity index (χ0n) is 11.9. The lowest BCUT2D eigenvalue weighted by Crippen LogP contribution is -2.52. The Kier molecular flexibility index (Phi) is 4.64. The van der Waals surface area contributed by atoms with Gasteiger partial charge in [-0.15, -0.1) is 0 Å². The van der Waals surface area contributed by atoms with E-state index in [9.17, 15) is 5.26 Å². The first-order chi connectivity index (χ1) is 8.70. The minimum absolute atomic E-state index is 0.302. The summed E-state index contributed by atoms with van der Waals surface area (Å²) >= 11 is 0. The Morgan fingerprint density at radius 3 is 2.39 bits per heavy atom. The van der Waals surface area contributed by atoms with Crippen LogP contribution in [-0.2, 0) is 0 Å². The highest BCUT2D eigenvalue weighted by Crippen LogP contribution is 2.39. The van der Waals surface area contributed by atoms with E-state index in [-0.39, 0.29) is 5.54 Å². The third-order valence-electron chi connectivity index (χ3n) is 4.73. The molecule has 18 heavy (non-hydrogen) atoms. The fraction of sp³-hybridized carbons (Fsp3) is 0.933. The number of likely N-dealkylation sites (N-methyl/N-ethyl adjacent to an activating group) is 2. The number of nitrogens with zero attached hydrogens (tertiary/aromatic N) is 2. The number of rotatable bonds is 6. The van der Waals surface area contributed by atoms with E-state index < -0.39 is 0 Å². The summed E-state index contributed by atoms with van der Waals surface area (Å²) in [6, 6.07) is 2.54. The van der Waals surface area contributed by atoms with Crippen LogP contribution in [0.3, 0.4) is 0 Å². The van der Waals surface area contributed by atoms with E-state index in [0.717, 1.165) is 19.0 Å². The van der Waals surface area contributed by atoms with Crippen molar-refractivity contribution in [2.24, 2.45) is 11.8 Å². The van der Waals surface area contributed by atoms with Crippen LogP contribution in [0.15, 0.2) is 0 Å². The fourth-order valence-electron chi connectivity index (χ4n) is 3.47. The molecule has 0 aromatic heterocycles. The van der Waals surface area contributed by atoms with Gasteiger partial charge in [0.25, 0.3) is 0 Å². The number of nitrogens with one attached hydrogen (secondary N) is 1. The first kappa shape index (κ1) is 13.8. The van der Waals surface area contributed by atoms with Gasteiger partial charge >= 0.3 is 0 Å². The predicted molar refractivity (Wildman–Crippen MR) is 74.2 cm³/mol. The molecular weight excluding hydrogens is 222 g/mol. The number of hydrogen-bond acceptors (Lipinski definition) is 3. The van der Waals surface area contributed by atoms with Crippen LogP contribution in [0.1, 0.15) is 44.9 Å². The van der Waals surface area contributed by atoms with E-state index in [1.54, 1.807) is 0 Å². The average Bonchev–Trinajstić information content (AvgIpc) is 3.22. The first-order valence-corrected chi connectivity index (χ1v) is 7.49. The van der Waals surface area contributed by atoms with Crippen molar-refractivity contribution in [1.29, 1.82) is 5.26 Å². The lowest BCUT2D eigenvalue weighted by atomic mass is 9.88. The largest absolute Gasteiger partial charge is 0.303 e. The van der Waals surface area contributed by atoms with Crippen molar-refractivity contribution in [1.82, 2.24) is 10.2 Å². The average molecular weight is 249 g/mol. The molecule has 0 heterocycles. The third kappa shape index (κ3) is 3.24. The van der Waals surface area contributed by atoms with Gasteiger partial charge in [0.05, 0.1) is 6.07 Å². The molecule has 0 aromatic carbocycles. The van der Waals surface area contributed by atoms with Crippen molar-refractivity contribution in [2.75, 3.05) is 27.2 Å². The summed E-state index contributed by atoms with van der Waals surface area (Å²) in [4.78, 5) is 2.38. The van der Waals surface area contributed by atoms with Gasteiger partial charge in [-0.2, -0.15) is 5.26 Å². The van der Waals surface area contributed by atoms with E-state index >= 15 is 0 Å². The zero-order valence-corrected chi connectivity index (χ0v) is 11.9. The summed E-state index contributed by atoms with van der Waals surface area (Å²) in [6.45, 7) is 2.04. The summed E-state index contributed by atoms with van der Waals surface area (Å²) in [5, 5.41) is 12.8. The maximum Gasteiger partial charge on any atom is 0.122 e.